The van der Waals surface area contributed by atoms with E-state index in [1.54, 1.807) is 4.90 Å². The van der Waals surface area contributed by atoms with Crippen LogP contribution in [-0.2, 0) is 4.79 Å². The summed E-state index contributed by atoms with van der Waals surface area (Å²) in [6.45, 7) is 6.18. The zero-order chi connectivity index (χ0) is 15.4. The topological polar surface area (TPSA) is 20.3 Å². The molecule has 0 radical (unpaired) electrons. The molecule has 0 aliphatic heterocycles. The van der Waals surface area contributed by atoms with Gasteiger partial charge in [-0.25, -0.2) is 0 Å². The van der Waals surface area contributed by atoms with E-state index in [-0.39, 0.29) is 11.8 Å². The molecular weight excluding hydrogens is 258 g/mol. The van der Waals surface area contributed by atoms with E-state index in [9.17, 15) is 4.79 Å². The third-order valence-electron chi connectivity index (χ3n) is 3.83. The van der Waals surface area contributed by atoms with Gasteiger partial charge in [0.25, 0.3) is 0 Å². The number of amides is 1. The summed E-state index contributed by atoms with van der Waals surface area (Å²) in [4.78, 5) is 14.6. The Balaban J connectivity index is 2.29. The first-order valence-electron chi connectivity index (χ1n) is 7.43. The van der Waals surface area contributed by atoms with E-state index in [2.05, 4.69) is 39.0 Å². The van der Waals surface area contributed by atoms with Crippen molar-refractivity contribution >= 4 is 11.6 Å². The number of nitrogens with zero attached hydrogens (tertiary/aromatic N) is 1. The van der Waals surface area contributed by atoms with Crippen molar-refractivity contribution in [1.82, 2.24) is 0 Å². The number of rotatable bonds is 4. The molecule has 0 aliphatic rings. The maximum Gasteiger partial charge on any atom is 0.234 e. The SMILES string of the molecule is CCC(C(=O)N(C)c1cc(C)cc(C)c1)c1ccccc1. The molecule has 1 unspecified atom stereocenters. The molecule has 1 atom stereocenters. The van der Waals surface area contributed by atoms with E-state index in [1.807, 2.05) is 37.4 Å². The zero-order valence-corrected chi connectivity index (χ0v) is 13.3. The van der Waals surface area contributed by atoms with E-state index in [1.165, 1.54) is 11.1 Å². The zero-order valence-electron chi connectivity index (χ0n) is 13.3. The maximum atomic E-state index is 12.8. The molecule has 2 rings (SSSR count). The summed E-state index contributed by atoms with van der Waals surface area (Å²) in [5, 5.41) is 0. The fraction of sp³-hybridized carbons (Fsp3) is 0.316. The average Bonchev–Trinajstić information content (AvgIpc) is 2.47. The van der Waals surface area contributed by atoms with Gasteiger partial charge < -0.3 is 4.90 Å². The molecule has 0 saturated carbocycles. The summed E-state index contributed by atoms with van der Waals surface area (Å²) in [5.41, 5.74) is 4.41. The molecule has 0 heterocycles. The highest BCUT2D eigenvalue weighted by Gasteiger charge is 2.23. The van der Waals surface area contributed by atoms with Crippen LogP contribution in [0.15, 0.2) is 48.5 Å². The number of hydrogen-bond acceptors (Lipinski definition) is 1. The second-order valence-electron chi connectivity index (χ2n) is 5.61. The summed E-state index contributed by atoms with van der Waals surface area (Å²) in [7, 11) is 1.86. The van der Waals surface area contributed by atoms with Crippen LogP contribution in [-0.4, -0.2) is 13.0 Å². The molecular formula is C19H23NO. The van der Waals surface area contributed by atoms with Gasteiger partial charge in [-0.1, -0.05) is 43.3 Å². The minimum Gasteiger partial charge on any atom is -0.315 e. The highest BCUT2D eigenvalue weighted by atomic mass is 16.2. The second kappa shape index (κ2) is 6.57. The molecule has 0 bridgehead atoms. The Hall–Kier alpha value is -2.09. The maximum absolute atomic E-state index is 12.8. The molecule has 0 saturated heterocycles. The van der Waals surface area contributed by atoms with Crippen LogP contribution in [0.5, 0.6) is 0 Å². The lowest BCUT2D eigenvalue weighted by Crippen LogP contribution is -2.31. The van der Waals surface area contributed by atoms with Crippen LogP contribution in [0.25, 0.3) is 0 Å². The molecule has 2 nitrogen and oxygen atoms in total. The van der Waals surface area contributed by atoms with Crippen molar-refractivity contribution in [3.8, 4) is 0 Å². The molecule has 0 N–H and O–H groups in total. The van der Waals surface area contributed by atoms with E-state index >= 15 is 0 Å². The molecule has 1 amide bonds. The lowest BCUT2D eigenvalue weighted by molar-refractivity contribution is -0.119. The van der Waals surface area contributed by atoms with Crippen LogP contribution in [0.3, 0.4) is 0 Å². The van der Waals surface area contributed by atoms with Gasteiger partial charge >= 0.3 is 0 Å². The highest BCUT2D eigenvalue weighted by molar-refractivity contribution is 5.97. The fourth-order valence-corrected chi connectivity index (χ4v) is 2.74. The first kappa shape index (κ1) is 15.3. The Bertz CT molecular complexity index is 598. The Morgan fingerprint density at radius 3 is 2.14 bits per heavy atom. The van der Waals surface area contributed by atoms with Gasteiger partial charge in [-0.05, 0) is 49.1 Å². The average molecular weight is 281 g/mol. The number of carbonyl (C=O) groups excluding carboxylic acids is 1. The first-order chi connectivity index (χ1) is 10.0. The second-order valence-corrected chi connectivity index (χ2v) is 5.61. The van der Waals surface area contributed by atoms with Crippen molar-refractivity contribution in [3.05, 3.63) is 65.2 Å². The van der Waals surface area contributed by atoms with Crippen LogP contribution in [0.1, 0.15) is 36.0 Å². The molecule has 0 aliphatic carbocycles. The van der Waals surface area contributed by atoms with Gasteiger partial charge in [0, 0.05) is 12.7 Å². The molecule has 110 valence electrons. The smallest absolute Gasteiger partial charge is 0.234 e. The van der Waals surface area contributed by atoms with Crippen molar-refractivity contribution in [2.24, 2.45) is 0 Å². The van der Waals surface area contributed by atoms with Gasteiger partial charge in [-0.15, -0.1) is 0 Å². The van der Waals surface area contributed by atoms with Gasteiger partial charge in [-0.3, -0.25) is 4.79 Å². The van der Waals surface area contributed by atoms with E-state index in [0.29, 0.717) is 0 Å². The lowest BCUT2D eigenvalue weighted by Gasteiger charge is -2.24. The minimum atomic E-state index is -0.0861. The molecule has 0 spiro atoms. The molecule has 21 heavy (non-hydrogen) atoms. The number of anilines is 1. The predicted molar refractivity (Wildman–Crippen MR) is 88.8 cm³/mol. The Kier molecular flexibility index (Phi) is 4.79. The summed E-state index contributed by atoms with van der Waals surface area (Å²) >= 11 is 0. The van der Waals surface area contributed by atoms with Gasteiger partial charge in [0.2, 0.25) is 5.91 Å². The number of hydrogen-bond donors (Lipinski definition) is 0. The van der Waals surface area contributed by atoms with Crippen LogP contribution >= 0.6 is 0 Å². The van der Waals surface area contributed by atoms with Gasteiger partial charge in [0.15, 0.2) is 0 Å². The number of carbonyl (C=O) groups is 1. The van der Waals surface area contributed by atoms with Crippen LogP contribution in [0.2, 0.25) is 0 Å². The normalized spacial score (nSPS) is 12.0. The highest BCUT2D eigenvalue weighted by Crippen LogP contribution is 2.25. The van der Waals surface area contributed by atoms with Crippen molar-refractivity contribution in [2.75, 3.05) is 11.9 Å². The standard InChI is InChI=1S/C19H23NO/c1-5-18(16-9-7-6-8-10-16)19(21)20(4)17-12-14(2)11-15(3)13-17/h6-13,18H,5H2,1-4H3. The number of likely N-dealkylation sites (N-methyl/N-ethyl adjacent to an activating group) is 1. The molecule has 2 aromatic rings. The van der Waals surface area contributed by atoms with E-state index in [0.717, 1.165) is 17.7 Å². The summed E-state index contributed by atoms with van der Waals surface area (Å²) < 4.78 is 0. The fourth-order valence-electron chi connectivity index (χ4n) is 2.74. The third kappa shape index (κ3) is 3.52. The monoisotopic (exact) mass is 281 g/mol. The summed E-state index contributed by atoms with van der Waals surface area (Å²) in [5.74, 6) is 0.0609. The third-order valence-corrected chi connectivity index (χ3v) is 3.83. The largest absolute Gasteiger partial charge is 0.315 e. The molecule has 2 heteroatoms. The first-order valence-corrected chi connectivity index (χ1v) is 7.43. The Labute approximate surface area is 127 Å². The Morgan fingerprint density at radius 1 is 1.05 bits per heavy atom. The Morgan fingerprint density at radius 2 is 1.62 bits per heavy atom. The van der Waals surface area contributed by atoms with Crippen molar-refractivity contribution in [2.45, 2.75) is 33.1 Å². The molecule has 0 fully saturated rings. The van der Waals surface area contributed by atoms with Gasteiger partial charge in [0.05, 0.1) is 5.92 Å². The quantitative estimate of drug-likeness (QED) is 0.810. The number of benzene rings is 2. The molecule has 2 aromatic carbocycles. The van der Waals surface area contributed by atoms with Gasteiger partial charge in [-0.2, -0.15) is 0 Å². The van der Waals surface area contributed by atoms with Crippen LogP contribution in [0, 0.1) is 13.8 Å². The summed E-state index contributed by atoms with van der Waals surface area (Å²) in [6.07, 6.45) is 0.804. The lowest BCUT2D eigenvalue weighted by atomic mass is 9.95. The van der Waals surface area contributed by atoms with E-state index in [4.69, 9.17) is 0 Å². The minimum absolute atomic E-state index is 0.0861. The number of aryl methyl sites for hydroxylation is 2. The molecule has 0 aromatic heterocycles. The summed E-state index contributed by atoms with van der Waals surface area (Å²) in [6, 6.07) is 16.3. The van der Waals surface area contributed by atoms with Crippen LogP contribution < -0.4 is 4.90 Å². The predicted octanol–water partition coefficient (Wildman–Crippen LogP) is 4.46. The van der Waals surface area contributed by atoms with Crippen molar-refractivity contribution < 1.29 is 4.79 Å². The van der Waals surface area contributed by atoms with Crippen molar-refractivity contribution in [1.29, 1.82) is 0 Å². The van der Waals surface area contributed by atoms with E-state index < -0.39 is 0 Å². The van der Waals surface area contributed by atoms with Crippen molar-refractivity contribution in [3.63, 3.8) is 0 Å². The van der Waals surface area contributed by atoms with Gasteiger partial charge in [0.1, 0.15) is 0 Å². The van der Waals surface area contributed by atoms with Crippen LogP contribution in [0.4, 0.5) is 5.69 Å².